The van der Waals surface area contributed by atoms with Crippen molar-refractivity contribution < 1.29 is 9.90 Å². The molecule has 0 amide bonds. The van der Waals surface area contributed by atoms with Crippen molar-refractivity contribution in [3.05, 3.63) is 18.1 Å². The molecule has 0 aliphatic heterocycles. The number of thioether (sulfide) groups is 1. The first kappa shape index (κ1) is 12.6. The van der Waals surface area contributed by atoms with E-state index in [1.165, 1.54) is 0 Å². The van der Waals surface area contributed by atoms with E-state index in [2.05, 4.69) is 15.3 Å². The van der Waals surface area contributed by atoms with Gasteiger partial charge in [0.25, 0.3) is 0 Å². The second-order valence-corrected chi connectivity index (χ2v) is 4.66. The average Bonchev–Trinajstić information content (AvgIpc) is 2.91. The molecule has 1 N–H and O–H groups in total. The Kier molecular flexibility index (Phi) is 3.66. The molecular formula is C10H13N5O2S. The third-order valence-corrected chi connectivity index (χ3v) is 3.07. The minimum Gasteiger partial charge on any atom is -0.476 e. The molecule has 0 aliphatic rings. The molecule has 0 saturated heterocycles. The quantitative estimate of drug-likeness (QED) is 0.860. The number of aryl methyl sites for hydroxylation is 2. The number of carbonyl (C=O) groups is 1. The normalized spacial score (nSPS) is 10.8. The molecule has 0 radical (unpaired) electrons. The van der Waals surface area contributed by atoms with Crippen molar-refractivity contribution in [2.45, 2.75) is 6.54 Å². The van der Waals surface area contributed by atoms with Gasteiger partial charge < -0.3 is 9.67 Å². The van der Waals surface area contributed by atoms with Crippen LogP contribution in [0.3, 0.4) is 0 Å². The number of rotatable bonds is 5. The topological polar surface area (TPSA) is 85.8 Å². The van der Waals surface area contributed by atoms with Crippen LogP contribution in [0.1, 0.15) is 10.5 Å². The predicted octanol–water partition coefficient (Wildman–Crippen LogP) is 0.740. The second kappa shape index (κ2) is 5.21. The number of hydrogen-bond donors (Lipinski definition) is 1. The number of hydrogen-bond acceptors (Lipinski definition) is 5. The van der Waals surface area contributed by atoms with Crippen molar-refractivity contribution in [2.75, 3.05) is 12.0 Å². The first-order chi connectivity index (χ1) is 8.65. The summed E-state index contributed by atoms with van der Waals surface area (Å²) < 4.78 is 3.34. The highest BCUT2D eigenvalue weighted by atomic mass is 32.2. The number of nitrogens with zero attached hydrogens (tertiary/aromatic N) is 5. The molecule has 2 rings (SSSR count). The van der Waals surface area contributed by atoms with Crippen LogP contribution in [0.25, 0.3) is 11.5 Å². The fourth-order valence-electron chi connectivity index (χ4n) is 1.61. The van der Waals surface area contributed by atoms with E-state index in [4.69, 9.17) is 5.11 Å². The van der Waals surface area contributed by atoms with Gasteiger partial charge in [-0.2, -0.15) is 11.8 Å². The van der Waals surface area contributed by atoms with E-state index >= 15 is 0 Å². The van der Waals surface area contributed by atoms with Crippen LogP contribution in [0.2, 0.25) is 0 Å². The highest BCUT2D eigenvalue weighted by Crippen LogP contribution is 2.20. The Labute approximate surface area is 108 Å². The van der Waals surface area contributed by atoms with E-state index < -0.39 is 5.97 Å². The minimum atomic E-state index is -1.09. The maximum Gasteiger partial charge on any atom is 0.358 e. The highest BCUT2D eigenvalue weighted by Gasteiger charge is 2.23. The van der Waals surface area contributed by atoms with Crippen molar-refractivity contribution in [2.24, 2.45) is 7.05 Å². The fourth-order valence-corrected chi connectivity index (χ4v) is 1.96. The number of aromatic carboxylic acids is 1. The molecule has 96 valence electrons. The molecule has 2 aromatic heterocycles. The van der Waals surface area contributed by atoms with Crippen LogP contribution in [-0.2, 0) is 13.6 Å². The lowest BCUT2D eigenvalue weighted by molar-refractivity contribution is 0.0691. The van der Waals surface area contributed by atoms with E-state index in [1.807, 2.05) is 6.26 Å². The number of carboxylic acid groups (broad SMARTS) is 1. The maximum atomic E-state index is 11.2. The van der Waals surface area contributed by atoms with Crippen LogP contribution in [0, 0.1) is 0 Å². The Morgan fingerprint density at radius 3 is 2.89 bits per heavy atom. The fraction of sp³-hybridized carbons (Fsp3) is 0.400. The van der Waals surface area contributed by atoms with Crippen LogP contribution in [0.15, 0.2) is 12.4 Å². The Bertz CT molecular complexity index is 562. The molecule has 0 fully saturated rings. The van der Waals surface area contributed by atoms with Gasteiger partial charge in [0.1, 0.15) is 5.69 Å². The van der Waals surface area contributed by atoms with Crippen molar-refractivity contribution in [3.63, 3.8) is 0 Å². The molecule has 2 aromatic rings. The van der Waals surface area contributed by atoms with Gasteiger partial charge in [-0.15, -0.1) is 5.10 Å². The molecule has 0 aliphatic carbocycles. The molecule has 0 aromatic carbocycles. The smallest absolute Gasteiger partial charge is 0.358 e. The molecular weight excluding hydrogens is 254 g/mol. The predicted molar refractivity (Wildman–Crippen MR) is 67.6 cm³/mol. The maximum absolute atomic E-state index is 11.2. The zero-order chi connectivity index (χ0) is 13.1. The van der Waals surface area contributed by atoms with E-state index in [0.717, 1.165) is 5.75 Å². The van der Waals surface area contributed by atoms with E-state index in [9.17, 15) is 4.79 Å². The Morgan fingerprint density at radius 1 is 1.56 bits per heavy atom. The van der Waals surface area contributed by atoms with Gasteiger partial charge in [0.15, 0.2) is 5.82 Å². The first-order valence-corrected chi connectivity index (χ1v) is 6.68. The van der Waals surface area contributed by atoms with Gasteiger partial charge in [-0.05, 0) is 6.26 Å². The van der Waals surface area contributed by atoms with Gasteiger partial charge in [0, 0.05) is 25.2 Å². The van der Waals surface area contributed by atoms with Crippen molar-refractivity contribution in [1.29, 1.82) is 0 Å². The molecule has 0 atom stereocenters. The van der Waals surface area contributed by atoms with Crippen molar-refractivity contribution in [3.8, 4) is 11.5 Å². The molecule has 2 heterocycles. The van der Waals surface area contributed by atoms with E-state index in [1.54, 1.807) is 40.5 Å². The zero-order valence-electron chi connectivity index (χ0n) is 10.1. The number of imidazole rings is 1. The Hall–Kier alpha value is -1.83. The van der Waals surface area contributed by atoms with Gasteiger partial charge in [0.2, 0.25) is 5.69 Å². The largest absolute Gasteiger partial charge is 0.476 e. The highest BCUT2D eigenvalue weighted by molar-refractivity contribution is 7.98. The van der Waals surface area contributed by atoms with Gasteiger partial charge in [-0.25, -0.2) is 14.5 Å². The van der Waals surface area contributed by atoms with Crippen LogP contribution >= 0.6 is 11.8 Å². The summed E-state index contributed by atoms with van der Waals surface area (Å²) in [7, 11) is 1.81. The molecule has 18 heavy (non-hydrogen) atoms. The summed E-state index contributed by atoms with van der Waals surface area (Å²) in [6.07, 6.45) is 5.36. The summed E-state index contributed by atoms with van der Waals surface area (Å²) >= 11 is 1.66. The third kappa shape index (κ3) is 2.23. The van der Waals surface area contributed by atoms with Crippen LogP contribution in [0.4, 0.5) is 0 Å². The third-order valence-electron chi connectivity index (χ3n) is 2.48. The van der Waals surface area contributed by atoms with E-state index in [-0.39, 0.29) is 5.69 Å². The Balaban J connectivity index is 2.50. The summed E-state index contributed by atoms with van der Waals surface area (Å²) in [5.41, 5.74) is 0.384. The molecule has 7 nitrogen and oxygen atoms in total. The lowest BCUT2D eigenvalue weighted by Gasteiger charge is -2.06. The monoisotopic (exact) mass is 267 g/mol. The average molecular weight is 267 g/mol. The van der Waals surface area contributed by atoms with Gasteiger partial charge in [0.05, 0.1) is 6.54 Å². The van der Waals surface area contributed by atoms with Crippen molar-refractivity contribution >= 4 is 17.7 Å². The molecule has 0 saturated carbocycles. The number of aromatic nitrogens is 5. The zero-order valence-corrected chi connectivity index (χ0v) is 10.9. The lowest BCUT2D eigenvalue weighted by atomic mass is 10.3. The summed E-state index contributed by atoms with van der Waals surface area (Å²) in [4.78, 5) is 15.3. The van der Waals surface area contributed by atoms with Crippen molar-refractivity contribution in [1.82, 2.24) is 24.5 Å². The molecule has 8 heteroatoms. The van der Waals surface area contributed by atoms with Crippen LogP contribution in [-0.4, -0.2) is 47.6 Å². The minimum absolute atomic E-state index is 0.0644. The Morgan fingerprint density at radius 2 is 2.33 bits per heavy atom. The molecule has 0 spiro atoms. The van der Waals surface area contributed by atoms with Gasteiger partial charge in [-0.3, -0.25) is 0 Å². The lowest BCUT2D eigenvalue weighted by Crippen LogP contribution is -2.09. The second-order valence-electron chi connectivity index (χ2n) is 3.67. The number of carboxylic acids is 1. The van der Waals surface area contributed by atoms with Crippen LogP contribution in [0.5, 0.6) is 0 Å². The molecule has 0 unspecified atom stereocenters. The summed E-state index contributed by atoms with van der Waals surface area (Å²) in [6.45, 7) is 0.601. The SMILES string of the molecule is CSCCn1nnc(C(=O)O)c1-c1nccn1C. The van der Waals surface area contributed by atoms with Gasteiger partial charge in [-0.1, -0.05) is 5.21 Å². The first-order valence-electron chi connectivity index (χ1n) is 5.28. The van der Waals surface area contributed by atoms with Crippen LogP contribution < -0.4 is 0 Å². The van der Waals surface area contributed by atoms with Gasteiger partial charge >= 0.3 is 5.97 Å². The summed E-state index contributed by atoms with van der Waals surface area (Å²) in [6, 6.07) is 0. The molecule has 0 bridgehead atoms. The van der Waals surface area contributed by atoms with E-state index in [0.29, 0.717) is 18.1 Å². The summed E-state index contributed by atoms with van der Waals surface area (Å²) in [5.74, 6) is 0.293. The standard InChI is InChI=1S/C10H13N5O2S/c1-14-4-3-11-9(14)8-7(10(16)17)12-13-15(8)5-6-18-2/h3-4H,5-6H2,1-2H3,(H,16,17). The summed E-state index contributed by atoms with van der Waals surface area (Å²) in [5, 5.41) is 16.7.